The van der Waals surface area contributed by atoms with E-state index in [9.17, 15) is 4.79 Å². The molecule has 2 rings (SSSR count). The van der Waals surface area contributed by atoms with Crippen LogP contribution in [-0.2, 0) is 17.8 Å². The molecule has 0 aliphatic carbocycles. The smallest absolute Gasteiger partial charge is 0.227 e. The van der Waals surface area contributed by atoms with Crippen molar-refractivity contribution in [3.63, 3.8) is 0 Å². The molecule has 0 fully saturated rings. The van der Waals surface area contributed by atoms with Crippen LogP contribution in [0.2, 0.25) is 10.0 Å². The molecular weight excluding hydrogens is 307 g/mol. The monoisotopic (exact) mass is 322 g/mol. The number of rotatable bonds is 4. The lowest BCUT2D eigenvalue weighted by molar-refractivity contribution is -0.129. The topological polar surface area (TPSA) is 46.3 Å². The van der Waals surface area contributed by atoms with Gasteiger partial charge < -0.3 is 10.6 Å². The van der Waals surface area contributed by atoms with E-state index in [1.807, 2.05) is 18.2 Å². The van der Waals surface area contributed by atoms with Crippen LogP contribution in [0.5, 0.6) is 0 Å². The van der Waals surface area contributed by atoms with Crippen LogP contribution in [0.4, 0.5) is 5.69 Å². The molecule has 0 spiro atoms. The summed E-state index contributed by atoms with van der Waals surface area (Å²) in [6.07, 6.45) is 0.260. The highest BCUT2D eigenvalue weighted by molar-refractivity contribution is 6.31. The third-order valence-electron chi connectivity index (χ3n) is 3.20. The molecular formula is C16H16Cl2N2O. The van der Waals surface area contributed by atoms with Gasteiger partial charge in [-0.25, -0.2) is 0 Å². The largest absolute Gasteiger partial charge is 0.399 e. The lowest BCUT2D eigenvalue weighted by Crippen LogP contribution is -2.28. The van der Waals surface area contributed by atoms with Crippen molar-refractivity contribution in [3.05, 3.63) is 63.6 Å². The molecule has 3 nitrogen and oxygen atoms in total. The number of hydrogen-bond acceptors (Lipinski definition) is 2. The normalized spacial score (nSPS) is 10.4. The molecule has 0 atom stereocenters. The van der Waals surface area contributed by atoms with Crippen LogP contribution < -0.4 is 5.73 Å². The minimum Gasteiger partial charge on any atom is -0.399 e. The maximum atomic E-state index is 12.3. The van der Waals surface area contributed by atoms with Crippen LogP contribution in [0.25, 0.3) is 0 Å². The summed E-state index contributed by atoms with van der Waals surface area (Å²) in [6.45, 7) is 0.410. The molecule has 0 bridgehead atoms. The second-order valence-electron chi connectivity index (χ2n) is 4.87. The van der Waals surface area contributed by atoms with Crippen LogP contribution in [0.1, 0.15) is 11.1 Å². The Kier molecular flexibility index (Phi) is 5.10. The number of hydrogen-bond donors (Lipinski definition) is 1. The fourth-order valence-corrected chi connectivity index (χ4v) is 2.38. The zero-order valence-corrected chi connectivity index (χ0v) is 13.2. The molecule has 0 heterocycles. The van der Waals surface area contributed by atoms with Gasteiger partial charge in [0.15, 0.2) is 0 Å². The molecule has 0 aliphatic rings. The van der Waals surface area contributed by atoms with Crippen LogP contribution in [0, 0.1) is 0 Å². The third kappa shape index (κ3) is 4.13. The number of carbonyl (C=O) groups excluding carboxylic acids is 1. The van der Waals surface area contributed by atoms with Gasteiger partial charge in [-0.1, -0.05) is 41.4 Å². The van der Waals surface area contributed by atoms with Crippen molar-refractivity contribution in [1.29, 1.82) is 0 Å². The Bertz CT molecular complexity index is 658. The Morgan fingerprint density at radius 1 is 1.10 bits per heavy atom. The number of nitrogens with two attached hydrogens (primary N) is 1. The molecule has 2 aromatic rings. The highest BCUT2D eigenvalue weighted by Crippen LogP contribution is 2.21. The zero-order chi connectivity index (χ0) is 15.4. The fraction of sp³-hybridized carbons (Fsp3) is 0.188. The van der Waals surface area contributed by atoms with Gasteiger partial charge in [-0.05, 0) is 35.4 Å². The summed E-state index contributed by atoms with van der Waals surface area (Å²) in [5.74, 6) is -0.0263. The fourth-order valence-electron chi connectivity index (χ4n) is 2.00. The second-order valence-corrected chi connectivity index (χ2v) is 5.68. The second kappa shape index (κ2) is 6.83. The lowest BCUT2D eigenvalue weighted by Gasteiger charge is -2.18. The number of halogens is 2. The van der Waals surface area contributed by atoms with Gasteiger partial charge in [-0.15, -0.1) is 0 Å². The number of anilines is 1. The van der Waals surface area contributed by atoms with E-state index in [1.165, 1.54) is 0 Å². The number of amides is 1. The number of nitrogen functional groups attached to an aromatic ring is 1. The molecule has 0 saturated carbocycles. The van der Waals surface area contributed by atoms with Gasteiger partial charge in [0.2, 0.25) is 5.91 Å². The molecule has 1 amide bonds. The molecule has 110 valence electrons. The van der Waals surface area contributed by atoms with Crippen molar-refractivity contribution in [2.45, 2.75) is 13.0 Å². The van der Waals surface area contributed by atoms with E-state index in [-0.39, 0.29) is 12.3 Å². The number of nitrogens with zero attached hydrogens (tertiary/aromatic N) is 1. The van der Waals surface area contributed by atoms with Crippen LogP contribution in [0.3, 0.4) is 0 Å². The van der Waals surface area contributed by atoms with Crippen LogP contribution in [0.15, 0.2) is 42.5 Å². The maximum absolute atomic E-state index is 12.3. The van der Waals surface area contributed by atoms with Gasteiger partial charge in [0.25, 0.3) is 0 Å². The van der Waals surface area contributed by atoms with Gasteiger partial charge in [-0.3, -0.25) is 4.79 Å². The Balaban J connectivity index is 2.06. The predicted molar refractivity (Wildman–Crippen MR) is 87.5 cm³/mol. The molecule has 0 unspecified atom stereocenters. The quantitative estimate of drug-likeness (QED) is 0.871. The van der Waals surface area contributed by atoms with E-state index in [4.69, 9.17) is 28.9 Å². The first-order chi connectivity index (χ1) is 9.97. The summed E-state index contributed by atoms with van der Waals surface area (Å²) in [4.78, 5) is 13.9. The summed E-state index contributed by atoms with van der Waals surface area (Å²) >= 11 is 12.2. The molecule has 21 heavy (non-hydrogen) atoms. The van der Waals surface area contributed by atoms with Gasteiger partial charge in [0.05, 0.1) is 6.42 Å². The Morgan fingerprint density at radius 3 is 2.48 bits per heavy atom. The summed E-state index contributed by atoms with van der Waals surface area (Å²) in [7, 11) is 1.73. The SMILES string of the molecule is CN(Cc1cc(N)ccc1Cl)C(=O)Cc1ccccc1Cl. The van der Waals surface area contributed by atoms with Crippen molar-refractivity contribution < 1.29 is 4.79 Å². The standard InChI is InChI=1S/C16H16Cl2N2O/c1-20(10-12-8-13(19)6-7-15(12)18)16(21)9-11-4-2-3-5-14(11)17/h2-8H,9-10,19H2,1H3. The van der Waals surface area contributed by atoms with Crippen molar-refractivity contribution in [2.24, 2.45) is 0 Å². The first-order valence-electron chi connectivity index (χ1n) is 6.48. The van der Waals surface area contributed by atoms with Gasteiger partial charge >= 0.3 is 0 Å². The zero-order valence-electron chi connectivity index (χ0n) is 11.6. The Hall–Kier alpha value is -1.71. The summed E-state index contributed by atoms with van der Waals surface area (Å²) in [5, 5.41) is 1.20. The molecule has 0 aliphatic heterocycles. The van der Waals surface area contributed by atoms with E-state index < -0.39 is 0 Å². The molecule has 0 radical (unpaired) electrons. The summed E-state index contributed by atoms with van der Waals surface area (Å²) in [5.41, 5.74) is 8.01. The summed E-state index contributed by atoms with van der Waals surface area (Å²) < 4.78 is 0. The average Bonchev–Trinajstić information content (AvgIpc) is 2.45. The molecule has 0 saturated heterocycles. The van der Waals surface area contributed by atoms with Crippen molar-refractivity contribution in [2.75, 3.05) is 12.8 Å². The minimum atomic E-state index is -0.0263. The molecule has 0 aromatic heterocycles. The van der Waals surface area contributed by atoms with Gasteiger partial charge in [0.1, 0.15) is 0 Å². The molecule has 2 N–H and O–H groups in total. The minimum absolute atomic E-state index is 0.0263. The van der Waals surface area contributed by atoms with E-state index in [2.05, 4.69) is 0 Å². The van der Waals surface area contributed by atoms with Gasteiger partial charge in [-0.2, -0.15) is 0 Å². The van der Waals surface area contributed by atoms with Crippen molar-refractivity contribution in [1.82, 2.24) is 4.90 Å². The van der Waals surface area contributed by atoms with E-state index >= 15 is 0 Å². The number of likely N-dealkylation sites (N-methyl/N-ethyl adjacent to an activating group) is 1. The Labute approximate surface area is 134 Å². The average molecular weight is 323 g/mol. The first-order valence-corrected chi connectivity index (χ1v) is 7.24. The van der Waals surface area contributed by atoms with Crippen molar-refractivity contribution >= 4 is 34.8 Å². The molecule has 5 heteroatoms. The Morgan fingerprint density at radius 2 is 1.76 bits per heavy atom. The molecule has 2 aromatic carbocycles. The first kappa shape index (κ1) is 15.7. The highest BCUT2D eigenvalue weighted by Gasteiger charge is 2.13. The predicted octanol–water partition coefficient (Wildman–Crippen LogP) is 3.78. The van der Waals surface area contributed by atoms with Crippen LogP contribution >= 0.6 is 23.2 Å². The number of benzene rings is 2. The highest BCUT2D eigenvalue weighted by atomic mass is 35.5. The lowest BCUT2D eigenvalue weighted by atomic mass is 10.1. The maximum Gasteiger partial charge on any atom is 0.227 e. The number of carbonyl (C=O) groups is 1. The van der Waals surface area contributed by atoms with E-state index in [0.717, 1.165) is 11.1 Å². The van der Waals surface area contributed by atoms with E-state index in [1.54, 1.807) is 36.2 Å². The van der Waals surface area contributed by atoms with Crippen molar-refractivity contribution in [3.8, 4) is 0 Å². The van der Waals surface area contributed by atoms with E-state index in [0.29, 0.717) is 22.3 Å². The van der Waals surface area contributed by atoms with Gasteiger partial charge in [0, 0.05) is 29.3 Å². The third-order valence-corrected chi connectivity index (χ3v) is 3.94. The van der Waals surface area contributed by atoms with Crippen LogP contribution in [-0.4, -0.2) is 17.9 Å². The summed E-state index contributed by atoms with van der Waals surface area (Å²) in [6, 6.07) is 12.6.